The molecule has 3 rings (SSSR count). The van der Waals surface area contributed by atoms with Gasteiger partial charge in [0.05, 0.1) is 5.56 Å². The second-order valence-corrected chi connectivity index (χ2v) is 5.29. The van der Waals surface area contributed by atoms with E-state index in [0.717, 1.165) is 28.6 Å². The number of amides is 1. The molecule has 1 fully saturated rings. The van der Waals surface area contributed by atoms with Crippen LogP contribution in [0, 0.1) is 5.92 Å². The Morgan fingerprint density at radius 2 is 2.32 bits per heavy atom. The van der Waals surface area contributed by atoms with Gasteiger partial charge < -0.3 is 9.88 Å². The number of hydrogen-bond acceptors (Lipinski definition) is 1. The molecule has 0 atom stereocenters. The molecule has 3 nitrogen and oxygen atoms in total. The zero-order valence-corrected chi connectivity index (χ0v) is 11.1. The number of nitrogens with one attached hydrogen (secondary N) is 1. The van der Waals surface area contributed by atoms with Crippen LogP contribution in [0.4, 0.5) is 0 Å². The minimum absolute atomic E-state index is 0.0313. The van der Waals surface area contributed by atoms with Crippen LogP contribution in [0.3, 0.4) is 0 Å². The molecule has 1 aliphatic rings. The Labute approximate surface area is 112 Å². The molecule has 0 unspecified atom stereocenters. The van der Waals surface area contributed by atoms with Crippen LogP contribution in [0.25, 0.3) is 17.0 Å². The summed E-state index contributed by atoms with van der Waals surface area (Å²) in [4.78, 5) is 12.2. The zero-order chi connectivity index (χ0) is 13.4. The number of carbonyl (C=O) groups is 1. The van der Waals surface area contributed by atoms with Gasteiger partial charge in [0.25, 0.3) is 5.91 Å². The lowest BCUT2D eigenvalue weighted by molar-refractivity contribution is 0.0953. The summed E-state index contributed by atoms with van der Waals surface area (Å²) < 4.78 is 1.99. The molecular formula is C16H18N2O. The highest BCUT2D eigenvalue weighted by atomic mass is 16.1. The molecule has 1 aliphatic carbocycles. The van der Waals surface area contributed by atoms with Crippen molar-refractivity contribution in [2.45, 2.75) is 12.8 Å². The van der Waals surface area contributed by atoms with Crippen LogP contribution in [0.2, 0.25) is 0 Å². The molecule has 3 heteroatoms. The van der Waals surface area contributed by atoms with Gasteiger partial charge >= 0.3 is 0 Å². The van der Waals surface area contributed by atoms with Crippen LogP contribution in [0.1, 0.15) is 28.8 Å². The van der Waals surface area contributed by atoms with E-state index in [1.807, 2.05) is 36.0 Å². The predicted octanol–water partition coefficient (Wildman–Crippen LogP) is 2.96. The molecule has 0 bridgehead atoms. The average Bonchev–Trinajstić information content (AvgIpc) is 3.20. The number of benzene rings is 1. The Balaban J connectivity index is 1.94. The summed E-state index contributed by atoms with van der Waals surface area (Å²) in [5.41, 5.74) is 2.89. The van der Waals surface area contributed by atoms with Gasteiger partial charge in [0.2, 0.25) is 0 Å². The second kappa shape index (κ2) is 4.57. The molecule has 1 saturated carbocycles. The standard InChI is InChI=1S/C16H18N2O/c1-3-11-6-7-13-14(10-18(2)15(13)8-11)16(19)17-9-12-4-5-12/h3,6-8,10,12H,1,4-5,9H2,2H3,(H,17,19). The molecule has 0 aliphatic heterocycles. The lowest BCUT2D eigenvalue weighted by Crippen LogP contribution is -2.25. The fraction of sp³-hybridized carbons (Fsp3) is 0.312. The zero-order valence-electron chi connectivity index (χ0n) is 11.1. The van der Waals surface area contributed by atoms with Crippen LogP contribution in [0.15, 0.2) is 31.0 Å². The molecule has 19 heavy (non-hydrogen) atoms. The van der Waals surface area contributed by atoms with Gasteiger partial charge in [-0.05, 0) is 30.4 Å². The minimum atomic E-state index is 0.0313. The fourth-order valence-electron chi connectivity index (χ4n) is 2.36. The van der Waals surface area contributed by atoms with Gasteiger partial charge in [0.1, 0.15) is 0 Å². The first-order valence-electron chi connectivity index (χ1n) is 6.69. The van der Waals surface area contributed by atoms with Crippen molar-refractivity contribution < 1.29 is 4.79 Å². The fourth-order valence-corrected chi connectivity index (χ4v) is 2.36. The van der Waals surface area contributed by atoms with Crippen LogP contribution in [-0.4, -0.2) is 17.0 Å². The highest BCUT2D eigenvalue weighted by Gasteiger charge is 2.22. The van der Waals surface area contributed by atoms with Crippen molar-refractivity contribution in [3.63, 3.8) is 0 Å². The molecule has 1 N–H and O–H groups in total. The van der Waals surface area contributed by atoms with Crippen LogP contribution < -0.4 is 5.32 Å². The van der Waals surface area contributed by atoms with Crippen LogP contribution >= 0.6 is 0 Å². The smallest absolute Gasteiger partial charge is 0.253 e. The van der Waals surface area contributed by atoms with Gasteiger partial charge in [-0.15, -0.1) is 0 Å². The second-order valence-electron chi connectivity index (χ2n) is 5.29. The van der Waals surface area contributed by atoms with E-state index in [4.69, 9.17) is 0 Å². The van der Waals surface area contributed by atoms with E-state index in [0.29, 0.717) is 5.92 Å². The Morgan fingerprint density at radius 1 is 1.53 bits per heavy atom. The summed E-state index contributed by atoms with van der Waals surface area (Å²) in [7, 11) is 1.97. The van der Waals surface area contributed by atoms with Crippen LogP contribution in [-0.2, 0) is 7.05 Å². The van der Waals surface area contributed by atoms with E-state index in [9.17, 15) is 4.79 Å². The summed E-state index contributed by atoms with van der Waals surface area (Å²) >= 11 is 0. The highest BCUT2D eigenvalue weighted by Crippen LogP contribution is 2.28. The van der Waals surface area contributed by atoms with Crippen molar-refractivity contribution in [1.29, 1.82) is 0 Å². The number of nitrogens with zero attached hydrogens (tertiary/aromatic N) is 1. The number of rotatable bonds is 4. The molecule has 1 aromatic carbocycles. The third-order valence-corrected chi connectivity index (χ3v) is 3.74. The third kappa shape index (κ3) is 2.28. The van der Waals surface area contributed by atoms with Crippen molar-refractivity contribution >= 4 is 22.9 Å². The van der Waals surface area contributed by atoms with Crippen molar-refractivity contribution in [3.8, 4) is 0 Å². The first-order valence-corrected chi connectivity index (χ1v) is 6.69. The number of hydrogen-bond donors (Lipinski definition) is 1. The molecule has 0 spiro atoms. The first-order chi connectivity index (χ1) is 9.19. The summed E-state index contributed by atoms with van der Waals surface area (Å²) in [6, 6.07) is 6.05. The molecule has 2 aromatic rings. The van der Waals surface area contributed by atoms with Gasteiger partial charge in [0.15, 0.2) is 0 Å². The van der Waals surface area contributed by atoms with E-state index in [2.05, 4.69) is 18.0 Å². The number of carbonyl (C=O) groups excluding carboxylic acids is 1. The highest BCUT2D eigenvalue weighted by molar-refractivity contribution is 6.07. The first kappa shape index (κ1) is 12.0. The SMILES string of the molecule is C=Cc1ccc2c(C(=O)NCC3CC3)cn(C)c2c1. The average molecular weight is 254 g/mol. The van der Waals surface area contributed by atoms with E-state index in [1.54, 1.807) is 0 Å². The summed E-state index contributed by atoms with van der Waals surface area (Å²) in [5, 5.41) is 4.02. The topological polar surface area (TPSA) is 34.0 Å². The van der Waals surface area contributed by atoms with Crippen molar-refractivity contribution in [2.75, 3.05) is 6.54 Å². The van der Waals surface area contributed by atoms with E-state index in [1.165, 1.54) is 12.8 Å². The lowest BCUT2D eigenvalue weighted by Gasteiger charge is -2.02. The molecule has 98 valence electrons. The van der Waals surface area contributed by atoms with Crippen molar-refractivity contribution in [1.82, 2.24) is 9.88 Å². The van der Waals surface area contributed by atoms with E-state index >= 15 is 0 Å². The van der Waals surface area contributed by atoms with Crippen LogP contribution in [0.5, 0.6) is 0 Å². The summed E-state index contributed by atoms with van der Waals surface area (Å²) in [6.07, 6.45) is 6.22. The Hall–Kier alpha value is -2.03. The summed E-state index contributed by atoms with van der Waals surface area (Å²) in [6.45, 7) is 4.58. The maximum Gasteiger partial charge on any atom is 0.253 e. The van der Waals surface area contributed by atoms with Gasteiger partial charge in [-0.25, -0.2) is 0 Å². The molecule has 1 aromatic heterocycles. The Bertz CT molecular complexity index is 650. The Morgan fingerprint density at radius 3 is 3.00 bits per heavy atom. The Kier molecular flexibility index (Phi) is 2.90. The molecular weight excluding hydrogens is 236 g/mol. The van der Waals surface area contributed by atoms with E-state index in [-0.39, 0.29) is 5.91 Å². The van der Waals surface area contributed by atoms with Gasteiger partial charge in [-0.3, -0.25) is 4.79 Å². The quantitative estimate of drug-likeness (QED) is 0.894. The minimum Gasteiger partial charge on any atom is -0.352 e. The molecule has 0 radical (unpaired) electrons. The third-order valence-electron chi connectivity index (χ3n) is 3.74. The maximum absolute atomic E-state index is 12.2. The monoisotopic (exact) mass is 254 g/mol. The molecule has 1 heterocycles. The lowest BCUT2D eigenvalue weighted by atomic mass is 10.1. The maximum atomic E-state index is 12.2. The normalized spacial score (nSPS) is 14.6. The number of aromatic nitrogens is 1. The predicted molar refractivity (Wildman–Crippen MR) is 78.1 cm³/mol. The molecule has 1 amide bonds. The molecule has 0 saturated heterocycles. The van der Waals surface area contributed by atoms with Gasteiger partial charge in [-0.1, -0.05) is 24.8 Å². The van der Waals surface area contributed by atoms with E-state index < -0.39 is 0 Å². The van der Waals surface area contributed by atoms with Crippen molar-refractivity contribution in [3.05, 3.63) is 42.1 Å². The largest absolute Gasteiger partial charge is 0.352 e. The van der Waals surface area contributed by atoms with Crippen molar-refractivity contribution in [2.24, 2.45) is 13.0 Å². The number of fused-ring (bicyclic) bond motifs is 1. The van der Waals surface area contributed by atoms with Gasteiger partial charge in [-0.2, -0.15) is 0 Å². The summed E-state index contributed by atoms with van der Waals surface area (Å²) in [5.74, 6) is 0.732. The number of aryl methyl sites for hydroxylation is 1. The van der Waals surface area contributed by atoms with Gasteiger partial charge in [0, 0.05) is 30.7 Å².